The summed E-state index contributed by atoms with van der Waals surface area (Å²) >= 11 is 0. The SMILES string of the molecule is CCCCCCCCCCCCCCCCCCCC(=O)O[C@H](COC(=O)CCCCCCCCCCCCCCCC(C)C)COP(=O)(O)OC[C@@H](O)COP(=O)(O)OC[C@@H](COC(=O)CCCCCCCCCCC)OC(=O)CCCCCCCCCCCC. The minimum atomic E-state index is -4.95. The van der Waals surface area contributed by atoms with Crippen molar-refractivity contribution in [2.75, 3.05) is 39.6 Å². The Morgan fingerprint density at radius 3 is 0.739 bits per heavy atom. The molecule has 0 amide bonds. The second-order valence-electron chi connectivity index (χ2n) is 26.8. The number of hydrogen-bond donors (Lipinski definition) is 3. The van der Waals surface area contributed by atoms with Crippen LogP contribution in [-0.2, 0) is 65.4 Å². The van der Waals surface area contributed by atoms with E-state index in [1.165, 1.54) is 205 Å². The summed E-state index contributed by atoms with van der Waals surface area (Å²) in [6.07, 6.45) is 54.0. The van der Waals surface area contributed by atoms with E-state index < -0.39 is 97.5 Å². The molecule has 0 radical (unpaired) electrons. The molecule has 0 saturated carbocycles. The fourth-order valence-corrected chi connectivity index (χ4v) is 12.8. The van der Waals surface area contributed by atoms with Gasteiger partial charge < -0.3 is 33.8 Å². The molecule has 17 nitrogen and oxygen atoms in total. The fourth-order valence-electron chi connectivity index (χ4n) is 11.2. The average Bonchev–Trinajstić information content (AvgIpc) is 1.85. The maximum absolute atomic E-state index is 13.1. The molecule has 92 heavy (non-hydrogen) atoms. The van der Waals surface area contributed by atoms with Gasteiger partial charge in [0.1, 0.15) is 19.3 Å². The summed E-state index contributed by atoms with van der Waals surface area (Å²) in [5.74, 6) is -1.33. The highest BCUT2D eigenvalue weighted by atomic mass is 31.2. The first-order chi connectivity index (χ1) is 44.5. The quantitative estimate of drug-likeness (QED) is 0.0222. The Hall–Kier alpha value is -1.94. The van der Waals surface area contributed by atoms with Crippen LogP contribution >= 0.6 is 15.6 Å². The molecule has 0 aliphatic heterocycles. The van der Waals surface area contributed by atoms with Crippen LogP contribution in [0.1, 0.15) is 381 Å². The van der Waals surface area contributed by atoms with Gasteiger partial charge in [-0.25, -0.2) is 9.13 Å². The Kier molecular flexibility index (Phi) is 64.9. The van der Waals surface area contributed by atoms with Gasteiger partial charge in [-0.3, -0.25) is 37.3 Å². The fraction of sp³-hybridized carbons (Fsp3) is 0.945. The molecule has 0 aliphatic rings. The number of carbonyl (C=O) groups excluding carboxylic acids is 4. The minimum absolute atomic E-state index is 0.107. The van der Waals surface area contributed by atoms with Crippen LogP contribution in [0.3, 0.4) is 0 Å². The molecule has 546 valence electrons. The molecule has 0 heterocycles. The summed E-state index contributed by atoms with van der Waals surface area (Å²) < 4.78 is 68.3. The Morgan fingerprint density at radius 2 is 0.500 bits per heavy atom. The summed E-state index contributed by atoms with van der Waals surface area (Å²) in [7, 11) is -9.90. The largest absolute Gasteiger partial charge is 0.472 e. The number of ether oxygens (including phenoxy) is 4. The predicted molar refractivity (Wildman–Crippen MR) is 372 cm³/mol. The molecule has 0 rings (SSSR count). The van der Waals surface area contributed by atoms with Gasteiger partial charge in [0.2, 0.25) is 0 Å². The molecule has 0 aromatic rings. The van der Waals surface area contributed by atoms with E-state index in [1.54, 1.807) is 0 Å². The lowest BCUT2D eigenvalue weighted by Gasteiger charge is -2.21. The minimum Gasteiger partial charge on any atom is -0.462 e. The second-order valence-corrected chi connectivity index (χ2v) is 29.7. The van der Waals surface area contributed by atoms with Crippen molar-refractivity contribution in [3.63, 3.8) is 0 Å². The summed E-state index contributed by atoms with van der Waals surface area (Å²) in [6.45, 7) is 7.27. The topological polar surface area (TPSA) is 237 Å². The molecular formula is C73H142O17P2. The molecule has 0 aromatic heterocycles. The number of rotatable bonds is 73. The summed E-state index contributed by atoms with van der Waals surface area (Å²) in [5.41, 5.74) is 0. The van der Waals surface area contributed by atoms with E-state index in [9.17, 15) is 43.2 Å². The van der Waals surface area contributed by atoms with Gasteiger partial charge >= 0.3 is 39.5 Å². The van der Waals surface area contributed by atoms with Crippen molar-refractivity contribution < 1.29 is 80.2 Å². The number of hydrogen-bond acceptors (Lipinski definition) is 15. The number of unbranched alkanes of at least 4 members (excludes halogenated alkanes) is 45. The van der Waals surface area contributed by atoms with Crippen molar-refractivity contribution in [2.24, 2.45) is 5.92 Å². The number of phosphoric ester groups is 2. The maximum Gasteiger partial charge on any atom is 0.472 e. The molecule has 5 atom stereocenters. The first-order valence-electron chi connectivity index (χ1n) is 38.1. The molecule has 0 saturated heterocycles. The van der Waals surface area contributed by atoms with Crippen molar-refractivity contribution in [3.8, 4) is 0 Å². The van der Waals surface area contributed by atoms with Gasteiger partial charge in [0.15, 0.2) is 12.2 Å². The Balaban J connectivity index is 5.21. The van der Waals surface area contributed by atoms with Crippen LogP contribution in [0.15, 0.2) is 0 Å². The number of aliphatic hydroxyl groups excluding tert-OH is 1. The van der Waals surface area contributed by atoms with Crippen molar-refractivity contribution in [1.29, 1.82) is 0 Å². The van der Waals surface area contributed by atoms with Gasteiger partial charge in [-0.05, 0) is 31.6 Å². The van der Waals surface area contributed by atoms with Crippen molar-refractivity contribution in [1.82, 2.24) is 0 Å². The van der Waals surface area contributed by atoms with Crippen LogP contribution in [0, 0.1) is 5.92 Å². The molecular weight excluding hydrogens is 1210 g/mol. The Labute approximate surface area is 562 Å². The third-order valence-corrected chi connectivity index (χ3v) is 18.9. The Morgan fingerprint density at radius 1 is 0.293 bits per heavy atom. The molecule has 19 heteroatoms. The highest BCUT2D eigenvalue weighted by Crippen LogP contribution is 2.45. The van der Waals surface area contributed by atoms with E-state index in [1.807, 2.05) is 0 Å². The van der Waals surface area contributed by atoms with Gasteiger partial charge in [0.25, 0.3) is 0 Å². The molecule has 0 fully saturated rings. The first kappa shape index (κ1) is 90.1. The lowest BCUT2D eigenvalue weighted by Crippen LogP contribution is -2.30. The molecule has 0 spiro atoms. The van der Waals surface area contributed by atoms with Crippen LogP contribution < -0.4 is 0 Å². The van der Waals surface area contributed by atoms with Gasteiger partial charge in [0, 0.05) is 25.7 Å². The zero-order valence-electron chi connectivity index (χ0n) is 59.7. The third kappa shape index (κ3) is 66.7. The molecule has 0 aliphatic carbocycles. The smallest absolute Gasteiger partial charge is 0.462 e. The van der Waals surface area contributed by atoms with Crippen molar-refractivity contribution in [3.05, 3.63) is 0 Å². The highest BCUT2D eigenvalue weighted by molar-refractivity contribution is 7.47. The summed E-state index contributed by atoms with van der Waals surface area (Å²) in [4.78, 5) is 72.6. The highest BCUT2D eigenvalue weighted by Gasteiger charge is 2.30. The number of esters is 4. The molecule has 0 bridgehead atoms. The lowest BCUT2D eigenvalue weighted by atomic mass is 10.0. The van der Waals surface area contributed by atoms with Crippen molar-refractivity contribution in [2.45, 2.75) is 400 Å². The van der Waals surface area contributed by atoms with E-state index in [-0.39, 0.29) is 25.7 Å². The van der Waals surface area contributed by atoms with Crippen LogP contribution in [0.5, 0.6) is 0 Å². The number of carbonyl (C=O) groups is 4. The standard InChI is InChI=1S/C73H142O17P2/c1-6-9-12-15-18-21-23-24-25-26-27-30-34-39-44-49-54-59-73(78)90-69(63-84-71(76)57-52-47-42-38-33-31-28-29-32-36-40-45-50-55-66(4)5)65-88-92(81,82)86-61-67(74)60-85-91(79,80)87-64-68(62-83-70(75)56-51-46-41-35-20-17-14-11-8-3)89-72(77)58-53-48-43-37-22-19-16-13-10-7-2/h66-69,74H,6-65H2,1-5H3,(H,79,80)(H,81,82)/t67-,68+,69+/m0/s1. The Bertz CT molecular complexity index is 1770. The zero-order chi connectivity index (χ0) is 67.7. The van der Waals surface area contributed by atoms with Crippen LogP contribution in [-0.4, -0.2) is 96.7 Å². The van der Waals surface area contributed by atoms with E-state index in [0.29, 0.717) is 25.7 Å². The second kappa shape index (κ2) is 66.3. The van der Waals surface area contributed by atoms with Gasteiger partial charge in [-0.2, -0.15) is 0 Å². The number of phosphoric acid groups is 2. The van der Waals surface area contributed by atoms with Crippen LogP contribution in [0.4, 0.5) is 0 Å². The summed E-state index contributed by atoms with van der Waals surface area (Å²) in [5, 5.41) is 10.6. The van der Waals surface area contributed by atoms with Gasteiger partial charge in [-0.15, -0.1) is 0 Å². The van der Waals surface area contributed by atoms with Crippen LogP contribution in [0.25, 0.3) is 0 Å². The first-order valence-corrected chi connectivity index (χ1v) is 41.1. The summed E-state index contributed by atoms with van der Waals surface area (Å²) in [6, 6.07) is 0. The predicted octanol–water partition coefficient (Wildman–Crippen LogP) is 21.3. The average molecular weight is 1350 g/mol. The van der Waals surface area contributed by atoms with Gasteiger partial charge in [0.05, 0.1) is 26.4 Å². The molecule has 0 aromatic carbocycles. The van der Waals surface area contributed by atoms with E-state index >= 15 is 0 Å². The third-order valence-electron chi connectivity index (χ3n) is 17.0. The monoisotopic (exact) mass is 1350 g/mol. The normalized spacial score (nSPS) is 14.0. The number of aliphatic hydroxyl groups is 1. The van der Waals surface area contributed by atoms with Crippen molar-refractivity contribution >= 4 is 39.5 Å². The van der Waals surface area contributed by atoms with Crippen LogP contribution in [0.2, 0.25) is 0 Å². The van der Waals surface area contributed by atoms with E-state index in [0.717, 1.165) is 95.8 Å². The maximum atomic E-state index is 13.1. The zero-order valence-corrected chi connectivity index (χ0v) is 61.5. The van der Waals surface area contributed by atoms with Gasteiger partial charge in [-0.1, -0.05) is 330 Å². The molecule has 3 N–H and O–H groups in total. The van der Waals surface area contributed by atoms with E-state index in [4.69, 9.17) is 37.0 Å². The molecule has 2 unspecified atom stereocenters. The lowest BCUT2D eigenvalue weighted by molar-refractivity contribution is -0.161. The van der Waals surface area contributed by atoms with E-state index in [2.05, 4.69) is 34.6 Å².